The molecule has 0 saturated carbocycles. The van der Waals surface area contributed by atoms with Crippen LogP contribution in [0.2, 0.25) is 0 Å². The molecule has 0 fully saturated rings. The van der Waals surface area contributed by atoms with Crippen LogP contribution < -0.4 is 0 Å². The number of unbranched alkanes of at least 4 members (excludes halogenated alkanes) is 1. The number of amides is 2. The zero-order valence-corrected chi connectivity index (χ0v) is 16.5. The van der Waals surface area contributed by atoms with E-state index in [4.69, 9.17) is 9.26 Å². The summed E-state index contributed by atoms with van der Waals surface area (Å²) in [4.78, 5) is 38.5. The first-order valence-electron chi connectivity index (χ1n) is 9.72. The first-order chi connectivity index (χ1) is 14.6. The van der Waals surface area contributed by atoms with E-state index in [2.05, 4.69) is 5.16 Å². The normalized spacial score (nSPS) is 12.9. The highest BCUT2D eigenvalue weighted by Gasteiger charge is 2.34. The minimum Gasteiger partial charge on any atom is -0.462 e. The number of hydrogen-bond acceptors (Lipinski definition) is 6. The average molecular weight is 404 g/mol. The van der Waals surface area contributed by atoms with E-state index in [0.29, 0.717) is 41.0 Å². The van der Waals surface area contributed by atoms with Crippen LogP contribution >= 0.6 is 0 Å². The fourth-order valence-corrected chi connectivity index (χ4v) is 3.46. The highest BCUT2D eigenvalue weighted by Crippen LogP contribution is 2.26. The lowest BCUT2D eigenvalue weighted by Gasteiger charge is -2.13. The molecule has 30 heavy (non-hydrogen) atoms. The second kappa shape index (κ2) is 8.32. The molecule has 152 valence electrons. The lowest BCUT2D eigenvalue weighted by molar-refractivity contribution is 0.0484. The van der Waals surface area contributed by atoms with E-state index in [1.54, 1.807) is 31.2 Å². The Bertz CT molecular complexity index is 1070. The first kappa shape index (κ1) is 19.6. The minimum absolute atomic E-state index is 0.168. The summed E-state index contributed by atoms with van der Waals surface area (Å²) in [5.74, 6) is -0.668. The van der Waals surface area contributed by atoms with Crippen molar-refractivity contribution in [3.05, 3.63) is 77.0 Å². The molecule has 0 unspecified atom stereocenters. The number of esters is 1. The van der Waals surface area contributed by atoms with Gasteiger partial charge in [-0.3, -0.25) is 14.5 Å². The Morgan fingerprint density at radius 3 is 2.27 bits per heavy atom. The molecule has 1 aromatic heterocycles. The van der Waals surface area contributed by atoms with Crippen LogP contribution in [0.15, 0.2) is 59.1 Å². The highest BCUT2D eigenvalue weighted by molar-refractivity contribution is 6.21. The largest absolute Gasteiger partial charge is 0.462 e. The third-order valence-electron chi connectivity index (χ3n) is 5.00. The predicted molar refractivity (Wildman–Crippen MR) is 108 cm³/mol. The van der Waals surface area contributed by atoms with Gasteiger partial charge in [0.05, 0.1) is 17.7 Å². The first-order valence-corrected chi connectivity index (χ1v) is 9.72. The number of imide groups is 1. The number of aromatic nitrogens is 1. The van der Waals surface area contributed by atoms with Crippen molar-refractivity contribution in [3.63, 3.8) is 0 Å². The molecule has 2 amide bonds. The van der Waals surface area contributed by atoms with Gasteiger partial charge in [0.1, 0.15) is 17.0 Å². The molecule has 7 heteroatoms. The topological polar surface area (TPSA) is 89.7 Å². The zero-order valence-electron chi connectivity index (χ0n) is 16.5. The summed E-state index contributed by atoms with van der Waals surface area (Å²) in [6.07, 6.45) is 1.05. The molecule has 1 aliphatic rings. The molecule has 0 aliphatic carbocycles. The maximum atomic E-state index is 12.6. The third-order valence-corrected chi connectivity index (χ3v) is 5.00. The van der Waals surface area contributed by atoms with Crippen LogP contribution in [0, 0.1) is 6.92 Å². The standard InChI is InChI=1S/C23H20N2O5/c1-15-19(20(24-30-15)16-9-3-2-4-10-16)23(28)29-14-8-7-13-25-21(26)17-11-5-6-12-18(17)22(25)27/h2-6,9-12H,7-8,13-14H2,1H3. The average Bonchev–Trinajstić information content (AvgIpc) is 3.27. The van der Waals surface area contributed by atoms with Crippen molar-refractivity contribution in [1.82, 2.24) is 10.1 Å². The second-order valence-electron chi connectivity index (χ2n) is 6.98. The van der Waals surface area contributed by atoms with Crippen LogP contribution in [0.3, 0.4) is 0 Å². The van der Waals surface area contributed by atoms with E-state index >= 15 is 0 Å². The molecule has 2 aromatic carbocycles. The monoisotopic (exact) mass is 404 g/mol. The van der Waals surface area contributed by atoms with Gasteiger partial charge >= 0.3 is 5.97 Å². The maximum absolute atomic E-state index is 12.6. The van der Waals surface area contributed by atoms with E-state index < -0.39 is 5.97 Å². The fourth-order valence-electron chi connectivity index (χ4n) is 3.46. The number of aryl methyl sites for hydroxylation is 1. The number of benzene rings is 2. The molecule has 3 aromatic rings. The van der Waals surface area contributed by atoms with E-state index in [9.17, 15) is 14.4 Å². The van der Waals surface area contributed by atoms with Crippen LogP contribution in [0.1, 0.15) is 49.7 Å². The van der Waals surface area contributed by atoms with E-state index in [-0.39, 0.29) is 25.0 Å². The molecule has 1 aliphatic heterocycles. The van der Waals surface area contributed by atoms with Gasteiger partial charge in [-0.05, 0) is 31.9 Å². The van der Waals surface area contributed by atoms with Crippen LogP contribution in [0.5, 0.6) is 0 Å². The van der Waals surface area contributed by atoms with Crippen molar-refractivity contribution in [3.8, 4) is 11.3 Å². The minimum atomic E-state index is -0.506. The van der Waals surface area contributed by atoms with E-state index in [0.717, 1.165) is 5.56 Å². The number of fused-ring (bicyclic) bond motifs is 1. The van der Waals surface area contributed by atoms with Crippen molar-refractivity contribution < 1.29 is 23.6 Å². The van der Waals surface area contributed by atoms with Crippen molar-refractivity contribution in [2.24, 2.45) is 0 Å². The van der Waals surface area contributed by atoms with Gasteiger partial charge in [-0.15, -0.1) is 0 Å². The van der Waals surface area contributed by atoms with Crippen molar-refractivity contribution in [2.45, 2.75) is 19.8 Å². The van der Waals surface area contributed by atoms with Gasteiger partial charge in [-0.2, -0.15) is 0 Å². The van der Waals surface area contributed by atoms with Crippen molar-refractivity contribution in [2.75, 3.05) is 13.2 Å². The number of rotatable bonds is 7. The molecule has 0 atom stereocenters. The number of nitrogens with zero attached hydrogens (tertiary/aromatic N) is 2. The lowest BCUT2D eigenvalue weighted by Crippen LogP contribution is -2.30. The highest BCUT2D eigenvalue weighted by atomic mass is 16.5. The molecule has 0 saturated heterocycles. The predicted octanol–water partition coefficient (Wildman–Crippen LogP) is 3.88. The van der Waals surface area contributed by atoms with Gasteiger partial charge in [0, 0.05) is 12.1 Å². The molecule has 0 spiro atoms. The maximum Gasteiger partial charge on any atom is 0.344 e. The Kier molecular flexibility index (Phi) is 5.43. The summed E-state index contributed by atoms with van der Waals surface area (Å²) in [6.45, 7) is 2.12. The van der Waals surface area contributed by atoms with Gasteiger partial charge in [-0.25, -0.2) is 4.79 Å². The molecule has 4 rings (SSSR count). The molecule has 0 radical (unpaired) electrons. The lowest BCUT2D eigenvalue weighted by atomic mass is 10.1. The van der Waals surface area contributed by atoms with Gasteiger partial charge < -0.3 is 9.26 Å². The Balaban J connectivity index is 1.30. The Hall–Kier alpha value is -3.74. The molecular formula is C23H20N2O5. The Labute approximate surface area is 173 Å². The van der Waals surface area contributed by atoms with Crippen LogP contribution in [-0.2, 0) is 4.74 Å². The van der Waals surface area contributed by atoms with Gasteiger partial charge in [-0.1, -0.05) is 47.6 Å². The summed E-state index contributed by atoms with van der Waals surface area (Å²) in [7, 11) is 0. The third kappa shape index (κ3) is 3.61. The smallest absolute Gasteiger partial charge is 0.344 e. The Morgan fingerprint density at radius 1 is 0.967 bits per heavy atom. The summed E-state index contributed by atoms with van der Waals surface area (Å²) in [6, 6.07) is 16.1. The molecule has 2 heterocycles. The van der Waals surface area contributed by atoms with Crippen LogP contribution in [-0.4, -0.2) is 41.0 Å². The SMILES string of the molecule is Cc1onc(-c2ccccc2)c1C(=O)OCCCCN1C(=O)c2ccccc2C1=O. The second-order valence-corrected chi connectivity index (χ2v) is 6.98. The van der Waals surface area contributed by atoms with Gasteiger partial charge in [0.15, 0.2) is 0 Å². The number of hydrogen-bond donors (Lipinski definition) is 0. The Morgan fingerprint density at radius 2 is 1.60 bits per heavy atom. The number of carbonyl (C=O) groups excluding carboxylic acids is 3. The van der Waals surface area contributed by atoms with E-state index in [1.807, 2.05) is 30.3 Å². The molecule has 0 N–H and O–H groups in total. The molecule has 7 nitrogen and oxygen atoms in total. The van der Waals surface area contributed by atoms with E-state index in [1.165, 1.54) is 4.90 Å². The summed E-state index contributed by atoms with van der Waals surface area (Å²) < 4.78 is 10.6. The van der Waals surface area contributed by atoms with Crippen LogP contribution in [0.4, 0.5) is 0 Å². The fraction of sp³-hybridized carbons (Fsp3) is 0.217. The zero-order chi connectivity index (χ0) is 21.1. The summed E-state index contributed by atoms with van der Waals surface area (Å²) >= 11 is 0. The van der Waals surface area contributed by atoms with Gasteiger partial charge in [0.25, 0.3) is 11.8 Å². The molecular weight excluding hydrogens is 384 g/mol. The summed E-state index contributed by atoms with van der Waals surface area (Å²) in [5.41, 5.74) is 2.40. The quantitative estimate of drug-likeness (QED) is 0.337. The number of carbonyl (C=O) groups is 3. The van der Waals surface area contributed by atoms with Crippen LogP contribution in [0.25, 0.3) is 11.3 Å². The number of ether oxygens (including phenoxy) is 1. The summed E-state index contributed by atoms with van der Waals surface area (Å²) in [5, 5.41) is 3.98. The van der Waals surface area contributed by atoms with Crippen molar-refractivity contribution in [1.29, 1.82) is 0 Å². The van der Waals surface area contributed by atoms with Gasteiger partial charge in [0.2, 0.25) is 0 Å². The van der Waals surface area contributed by atoms with Crippen molar-refractivity contribution >= 4 is 17.8 Å². The molecule has 0 bridgehead atoms.